The summed E-state index contributed by atoms with van der Waals surface area (Å²) in [6.45, 7) is 4.51. The third-order valence-corrected chi connectivity index (χ3v) is 4.72. The molecule has 0 fully saturated rings. The summed E-state index contributed by atoms with van der Waals surface area (Å²) in [5.41, 5.74) is 4.94. The first-order valence-corrected chi connectivity index (χ1v) is 10.2. The predicted octanol–water partition coefficient (Wildman–Crippen LogP) is 2.07. The molecule has 0 bridgehead atoms. The molecule has 0 aliphatic heterocycles. The molecule has 11 nitrogen and oxygen atoms in total. The standard InChI is InChI=1S/C20H28N6O5/c1-3-5-13-24(17-18(21)25(12-4-2)20(29)23-19(17)28)16(27)10-11-22-14-8-6-7-9-15(14)26(30)31/h6-9,22H,3-5,10-13,21H2,1-2H3,(H,23,28,29). The number of benzene rings is 1. The zero-order valence-corrected chi connectivity index (χ0v) is 17.7. The number of nitro groups is 1. The number of H-pyrrole nitrogens is 1. The number of nitrogens with one attached hydrogen (secondary N) is 2. The van der Waals surface area contributed by atoms with Crippen LogP contribution in [0.4, 0.5) is 22.9 Å². The lowest BCUT2D eigenvalue weighted by molar-refractivity contribution is -0.384. The molecule has 0 unspecified atom stereocenters. The van der Waals surface area contributed by atoms with Gasteiger partial charge in [-0.15, -0.1) is 0 Å². The number of nitro benzene ring substituents is 1. The number of anilines is 3. The summed E-state index contributed by atoms with van der Waals surface area (Å²) in [4.78, 5) is 51.7. The van der Waals surface area contributed by atoms with Crippen molar-refractivity contribution in [2.75, 3.05) is 29.0 Å². The molecule has 4 N–H and O–H groups in total. The number of unbranched alkanes of at least 4 members (excludes halogenated alkanes) is 1. The van der Waals surface area contributed by atoms with Gasteiger partial charge in [0.1, 0.15) is 11.5 Å². The molecule has 0 spiro atoms. The third kappa shape index (κ3) is 5.71. The van der Waals surface area contributed by atoms with Crippen LogP contribution in [-0.4, -0.2) is 33.5 Å². The van der Waals surface area contributed by atoms with Gasteiger partial charge in [-0.1, -0.05) is 32.4 Å². The Kier molecular flexibility index (Phi) is 8.35. The summed E-state index contributed by atoms with van der Waals surface area (Å²) in [6, 6.07) is 6.14. The fourth-order valence-electron chi connectivity index (χ4n) is 3.18. The maximum absolute atomic E-state index is 13.0. The number of aromatic amines is 1. The molecule has 0 aliphatic carbocycles. The topological polar surface area (TPSA) is 156 Å². The Labute approximate surface area is 179 Å². The van der Waals surface area contributed by atoms with Gasteiger partial charge in [0.05, 0.1) is 4.92 Å². The normalized spacial score (nSPS) is 10.6. The Morgan fingerprint density at radius 2 is 1.97 bits per heavy atom. The van der Waals surface area contributed by atoms with Crippen LogP contribution in [0, 0.1) is 10.1 Å². The summed E-state index contributed by atoms with van der Waals surface area (Å²) < 4.78 is 1.24. The van der Waals surface area contributed by atoms with Gasteiger partial charge in [-0.2, -0.15) is 0 Å². The second kappa shape index (κ2) is 11.0. The minimum Gasteiger partial charge on any atom is -0.383 e. The summed E-state index contributed by atoms with van der Waals surface area (Å²) in [6.07, 6.45) is 2.01. The predicted molar refractivity (Wildman–Crippen MR) is 119 cm³/mol. The van der Waals surface area contributed by atoms with E-state index in [1.165, 1.54) is 15.5 Å². The van der Waals surface area contributed by atoms with Gasteiger partial charge < -0.3 is 16.0 Å². The Morgan fingerprint density at radius 3 is 2.61 bits per heavy atom. The monoisotopic (exact) mass is 432 g/mol. The van der Waals surface area contributed by atoms with Crippen LogP contribution in [0.3, 0.4) is 0 Å². The molecular formula is C20H28N6O5. The first-order chi connectivity index (χ1) is 14.8. The van der Waals surface area contributed by atoms with Crippen LogP contribution in [0.5, 0.6) is 0 Å². The molecule has 1 heterocycles. The van der Waals surface area contributed by atoms with Crippen LogP contribution in [0.1, 0.15) is 39.5 Å². The fourth-order valence-corrected chi connectivity index (χ4v) is 3.18. The average Bonchev–Trinajstić information content (AvgIpc) is 2.73. The van der Waals surface area contributed by atoms with Crippen molar-refractivity contribution >= 4 is 28.8 Å². The van der Waals surface area contributed by atoms with Gasteiger partial charge in [0.2, 0.25) is 5.91 Å². The van der Waals surface area contributed by atoms with Gasteiger partial charge in [-0.3, -0.25) is 29.3 Å². The Morgan fingerprint density at radius 1 is 1.26 bits per heavy atom. The molecule has 0 saturated heterocycles. The number of amides is 1. The molecule has 0 radical (unpaired) electrons. The molecule has 2 rings (SSSR count). The zero-order valence-electron chi connectivity index (χ0n) is 17.7. The van der Waals surface area contributed by atoms with Crippen molar-refractivity contribution in [2.45, 2.75) is 46.1 Å². The summed E-state index contributed by atoms with van der Waals surface area (Å²) >= 11 is 0. The molecule has 1 aromatic carbocycles. The first-order valence-electron chi connectivity index (χ1n) is 10.2. The minimum absolute atomic E-state index is 0.0262. The molecular weight excluding hydrogens is 404 g/mol. The summed E-state index contributed by atoms with van der Waals surface area (Å²) in [5.74, 6) is -0.426. The van der Waals surface area contributed by atoms with E-state index in [0.717, 1.165) is 6.42 Å². The van der Waals surface area contributed by atoms with E-state index in [1.807, 2.05) is 13.8 Å². The zero-order chi connectivity index (χ0) is 23.0. The second-order valence-corrected chi connectivity index (χ2v) is 6.99. The number of nitrogen functional groups attached to an aromatic ring is 1. The SMILES string of the molecule is CCCCN(C(=O)CCNc1ccccc1[N+](=O)[O-])c1c(N)n(CCC)c(=O)[nH]c1=O. The van der Waals surface area contributed by atoms with Crippen LogP contribution < -0.4 is 27.2 Å². The molecule has 11 heteroatoms. The molecule has 1 aromatic heterocycles. The van der Waals surface area contributed by atoms with E-state index in [4.69, 9.17) is 5.73 Å². The van der Waals surface area contributed by atoms with Crippen LogP contribution in [0.25, 0.3) is 0 Å². The summed E-state index contributed by atoms with van der Waals surface area (Å²) in [5, 5.41) is 14.0. The highest BCUT2D eigenvalue weighted by Gasteiger charge is 2.23. The van der Waals surface area contributed by atoms with Crippen molar-refractivity contribution in [1.29, 1.82) is 0 Å². The third-order valence-electron chi connectivity index (χ3n) is 4.72. The van der Waals surface area contributed by atoms with Gasteiger partial charge in [0.15, 0.2) is 5.69 Å². The number of hydrogen-bond acceptors (Lipinski definition) is 7. The van der Waals surface area contributed by atoms with Gasteiger partial charge in [0, 0.05) is 32.1 Å². The summed E-state index contributed by atoms with van der Waals surface area (Å²) in [7, 11) is 0. The van der Waals surface area contributed by atoms with Crippen molar-refractivity contribution in [2.24, 2.45) is 0 Å². The number of rotatable bonds is 11. The minimum atomic E-state index is -0.717. The Bertz CT molecular complexity index is 1050. The van der Waals surface area contributed by atoms with Crippen molar-refractivity contribution < 1.29 is 9.72 Å². The molecule has 0 aliphatic rings. The molecule has 0 saturated carbocycles. The molecule has 1 amide bonds. The number of para-hydroxylation sites is 2. The maximum atomic E-state index is 13.0. The number of carbonyl (C=O) groups excluding carboxylic acids is 1. The van der Waals surface area contributed by atoms with Gasteiger partial charge in [0.25, 0.3) is 11.2 Å². The number of nitrogens with two attached hydrogens (primary N) is 1. The molecule has 168 valence electrons. The van der Waals surface area contributed by atoms with Crippen molar-refractivity contribution in [1.82, 2.24) is 9.55 Å². The van der Waals surface area contributed by atoms with E-state index in [1.54, 1.807) is 18.2 Å². The molecule has 31 heavy (non-hydrogen) atoms. The number of carbonyl (C=O) groups is 1. The van der Waals surface area contributed by atoms with E-state index in [0.29, 0.717) is 25.1 Å². The van der Waals surface area contributed by atoms with Crippen molar-refractivity contribution in [3.8, 4) is 0 Å². The van der Waals surface area contributed by atoms with Crippen molar-refractivity contribution in [3.63, 3.8) is 0 Å². The van der Waals surface area contributed by atoms with Crippen LogP contribution in [0.15, 0.2) is 33.9 Å². The van der Waals surface area contributed by atoms with Crippen LogP contribution in [-0.2, 0) is 11.3 Å². The van der Waals surface area contributed by atoms with E-state index in [-0.39, 0.29) is 42.6 Å². The fraction of sp³-hybridized carbons (Fsp3) is 0.450. The number of hydrogen-bond donors (Lipinski definition) is 3. The van der Waals surface area contributed by atoms with Crippen LogP contribution in [0.2, 0.25) is 0 Å². The van der Waals surface area contributed by atoms with E-state index in [2.05, 4.69) is 10.3 Å². The molecule has 0 atom stereocenters. The lowest BCUT2D eigenvalue weighted by Crippen LogP contribution is -2.42. The van der Waals surface area contributed by atoms with E-state index in [9.17, 15) is 24.5 Å². The largest absolute Gasteiger partial charge is 0.383 e. The van der Waals surface area contributed by atoms with E-state index < -0.39 is 16.2 Å². The highest BCUT2D eigenvalue weighted by molar-refractivity contribution is 5.95. The highest BCUT2D eigenvalue weighted by atomic mass is 16.6. The molecule has 2 aromatic rings. The lowest BCUT2D eigenvalue weighted by atomic mass is 10.2. The van der Waals surface area contributed by atoms with Crippen molar-refractivity contribution in [3.05, 3.63) is 55.2 Å². The van der Waals surface area contributed by atoms with Gasteiger partial charge in [-0.25, -0.2) is 4.79 Å². The first kappa shape index (κ1) is 23.6. The van der Waals surface area contributed by atoms with Gasteiger partial charge >= 0.3 is 5.69 Å². The Hall–Kier alpha value is -3.63. The maximum Gasteiger partial charge on any atom is 0.330 e. The number of nitrogens with zero attached hydrogens (tertiary/aromatic N) is 3. The highest BCUT2D eigenvalue weighted by Crippen LogP contribution is 2.23. The van der Waals surface area contributed by atoms with Gasteiger partial charge in [-0.05, 0) is 18.9 Å². The smallest absolute Gasteiger partial charge is 0.330 e. The Balaban J connectivity index is 2.26. The van der Waals surface area contributed by atoms with E-state index >= 15 is 0 Å². The van der Waals surface area contributed by atoms with Crippen LogP contribution >= 0.6 is 0 Å². The average molecular weight is 432 g/mol. The quantitative estimate of drug-likeness (QED) is 0.362. The number of aromatic nitrogens is 2. The lowest BCUT2D eigenvalue weighted by Gasteiger charge is -2.24. The second-order valence-electron chi connectivity index (χ2n) is 6.99.